The Bertz CT molecular complexity index is 1080. The van der Waals surface area contributed by atoms with Crippen LogP contribution < -0.4 is 4.74 Å². The van der Waals surface area contributed by atoms with Gasteiger partial charge in [-0.05, 0) is 77.4 Å². The average Bonchev–Trinajstić information content (AvgIpc) is 2.82. The summed E-state index contributed by atoms with van der Waals surface area (Å²) in [6.45, 7) is 7.36. The van der Waals surface area contributed by atoms with Crippen LogP contribution in [0.15, 0.2) is 66.2 Å². The van der Waals surface area contributed by atoms with Gasteiger partial charge in [-0.15, -0.1) is 0 Å². The molecular weight excluding hydrogens is 400 g/mol. The Morgan fingerprint density at radius 2 is 1.66 bits per heavy atom. The topological polar surface area (TPSA) is 55.8 Å². The lowest BCUT2D eigenvalue weighted by atomic mass is 9.93. The summed E-state index contributed by atoms with van der Waals surface area (Å²) < 4.78 is 10.6. The van der Waals surface area contributed by atoms with E-state index in [1.165, 1.54) is 16.7 Å². The zero-order valence-electron chi connectivity index (χ0n) is 18.9. The van der Waals surface area contributed by atoms with Crippen LogP contribution in [0.25, 0.3) is 28.3 Å². The standard InChI is InChI=1S/C28H30O4/c1-4-20(2)15-23-5-6-24(16-21(23)3)25-9-12-28(26(17-25)18-31-19-30)22-7-10-27(11-8-22)32-14-13-29/h5-12,15-17,19,29H,4,13-14,18H2,1-3H3/b20-15+. The fourth-order valence-electron chi connectivity index (χ4n) is 3.58. The quantitative estimate of drug-likeness (QED) is 0.390. The normalized spacial score (nSPS) is 11.3. The van der Waals surface area contributed by atoms with E-state index in [9.17, 15) is 4.79 Å². The van der Waals surface area contributed by atoms with Crippen molar-refractivity contribution < 1.29 is 19.4 Å². The smallest absolute Gasteiger partial charge is 0.293 e. The van der Waals surface area contributed by atoms with Crippen molar-refractivity contribution in [3.8, 4) is 28.0 Å². The predicted molar refractivity (Wildman–Crippen MR) is 129 cm³/mol. The largest absolute Gasteiger partial charge is 0.491 e. The zero-order valence-corrected chi connectivity index (χ0v) is 18.9. The minimum absolute atomic E-state index is 0.0225. The molecule has 3 rings (SSSR count). The Kier molecular flexibility index (Phi) is 8.23. The van der Waals surface area contributed by atoms with Crippen molar-refractivity contribution in [3.63, 3.8) is 0 Å². The molecule has 4 heteroatoms. The molecule has 1 N–H and O–H groups in total. The van der Waals surface area contributed by atoms with E-state index in [0.29, 0.717) is 12.2 Å². The number of hydrogen-bond donors (Lipinski definition) is 1. The lowest BCUT2D eigenvalue weighted by Gasteiger charge is -2.14. The molecular formula is C28H30O4. The van der Waals surface area contributed by atoms with Crippen molar-refractivity contribution in [1.29, 1.82) is 0 Å². The van der Waals surface area contributed by atoms with E-state index in [1.807, 2.05) is 24.3 Å². The number of rotatable bonds is 10. The van der Waals surface area contributed by atoms with Crippen molar-refractivity contribution in [2.45, 2.75) is 33.8 Å². The third-order valence-corrected chi connectivity index (χ3v) is 5.50. The van der Waals surface area contributed by atoms with Gasteiger partial charge in [0.05, 0.1) is 6.61 Å². The fourth-order valence-corrected chi connectivity index (χ4v) is 3.58. The monoisotopic (exact) mass is 430 g/mol. The summed E-state index contributed by atoms with van der Waals surface area (Å²) in [6, 6.07) is 20.4. The van der Waals surface area contributed by atoms with E-state index in [-0.39, 0.29) is 19.8 Å². The van der Waals surface area contributed by atoms with Gasteiger partial charge < -0.3 is 14.6 Å². The van der Waals surface area contributed by atoms with Gasteiger partial charge in [-0.25, -0.2) is 0 Å². The van der Waals surface area contributed by atoms with E-state index in [0.717, 1.165) is 34.2 Å². The molecule has 0 aliphatic carbocycles. The molecule has 0 atom stereocenters. The molecule has 0 saturated carbocycles. The highest BCUT2D eigenvalue weighted by molar-refractivity contribution is 5.75. The van der Waals surface area contributed by atoms with Crippen LogP contribution in [0.1, 0.15) is 37.0 Å². The van der Waals surface area contributed by atoms with E-state index in [2.05, 4.69) is 63.2 Å². The summed E-state index contributed by atoms with van der Waals surface area (Å²) in [5.41, 5.74) is 8.95. The van der Waals surface area contributed by atoms with Gasteiger partial charge in [0, 0.05) is 0 Å². The highest BCUT2D eigenvalue weighted by atomic mass is 16.5. The van der Waals surface area contributed by atoms with Crippen LogP contribution in [0.5, 0.6) is 5.75 Å². The highest BCUT2D eigenvalue weighted by Crippen LogP contribution is 2.31. The van der Waals surface area contributed by atoms with Crippen molar-refractivity contribution in [3.05, 3.63) is 82.9 Å². The summed E-state index contributed by atoms with van der Waals surface area (Å²) in [7, 11) is 0. The maximum absolute atomic E-state index is 10.9. The van der Waals surface area contributed by atoms with Crippen LogP contribution in [-0.4, -0.2) is 24.8 Å². The molecule has 0 fully saturated rings. The Balaban J connectivity index is 1.94. The number of carbonyl (C=O) groups is 1. The third-order valence-electron chi connectivity index (χ3n) is 5.50. The predicted octanol–water partition coefficient (Wildman–Crippen LogP) is 6.19. The number of aliphatic hydroxyl groups is 1. The molecule has 3 aromatic carbocycles. The lowest BCUT2D eigenvalue weighted by molar-refractivity contribution is -0.129. The van der Waals surface area contributed by atoms with E-state index in [1.54, 1.807) is 0 Å². The average molecular weight is 431 g/mol. The maximum atomic E-state index is 10.9. The number of allylic oxidation sites excluding steroid dienone is 1. The molecule has 32 heavy (non-hydrogen) atoms. The molecule has 0 amide bonds. The van der Waals surface area contributed by atoms with Crippen molar-refractivity contribution in [2.24, 2.45) is 0 Å². The van der Waals surface area contributed by atoms with Crippen molar-refractivity contribution >= 4 is 12.5 Å². The highest BCUT2D eigenvalue weighted by Gasteiger charge is 2.10. The molecule has 0 aliphatic rings. The van der Waals surface area contributed by atoms with Crippen molar-refractivity contribution in [2.75, 3.05) is 13.2 Å². The molecule has 0 aromatic heterocycles. The number of ether oxygens (including phenoxy) is 2. The Morgan fingerprint density at radius 1 is 0.969 bits per heavy atom. The minimum Gasteiger partial charge on any atom is -0.491 e. The molecule has 3 aromatic rings. The van der Waals surface area contributed by atoms with E-state index in [4.69, 9.17) is 14.6 Å². The second-order valence-corrected chi connectivity index (χ2v) is 7.79. The second kappa shape index (κ2) is 11.3. The Labute approximate surface area is 190 Å². The van der Waals surface area contributed by atoms with Gasteiger partial charge >= 0.3 is 0 Å². The third kappa shape index (κ3) is 5.86. The van der Waals surface area contributed by atoms with Crippen LogP contribution in [0.4, 0.5) is 0 Å². The summed E-state index contributed by atoms with van der Waals surface area (Å²) >= 11 is 0. The van der Waals surface area contributed by atoms with Gasteiger partial charge in [0.15, 0.2) is 0 Å². The van der Waals surface area contributed by atoms with E-state index < -0.39 is 0 Å². The molecule has 0 saturated heterocycles. The molecule has 4 nitrogen and oxygen atoms in total. The molecule has 0 aliphatic heterocycles. The van der Waals surface area contributed by atoms with Crippen LogP contribution in [0.3, 0.4) is 0 Å². The van der Waals surface area contributed by atoms with Gasteiger partial charge in [0.1, 0.15) is 19.0 Å². The number of aliphatic hydroxyl groups excluding tert-OH is 1. The Hall–Kier alpha value is -3.37. The zero-order chi connectivity index (χ0) is 22.9. The van der Waals surface area contributed by atoms with Crippen LogP contribution in [0.2, 0.25) is 0 Å². The maximum Gasteiger partial charge on any atom is 0.293 e. The number of benzene rings is 3. The van der Waals surface area contributed by atoms with Crippen molar-refractivity contribution in [1.82, 2.24) is 0 Å². The van der Waals surface area contributed by atoms with Crippen LogP contribution in [0, 0.1) is 6.92 Å². The summed E-state index contributed by atoms with van der Waals surface area (Å²) in [5.74, 6) is 0.702. The molecule has 166 valence electrons. The molecule has 0 radical (unpaired) electrons. The van der Waals surface area contributed by atoms with Gasteiger partial charge in [-0.2, -0.15) is 0 Å². The van der Waals surface area contributed by atoms with Gasteiger partial charge in [0.2, 0.25) is 0 Å². The van der Waals surface area contributed by atoms with Crippen LogP contribution >= 0.6 is 0 Å². The Morgan fingerprint density at radius 3 is 2.31 bits per heavy atom. The molecule has 0 unspecified atom stereocenters. The number of hydrogen-bond acceptors (Lipinski definition) is 4. The van der Waals surface area contributed by atoms with Gasteiger partial charge in [-0.1, -0.05) is 61.0 Å². The minimum atomic E-state index is -0.0225. The lowest BCUT2D eigenvalue weighted by Crippen LogP contribution is -2.01. The first kappa shape index (κ1) is 23.3. The summed E-state index contributed by atoms with van der Waals surface area (Å²) in [5, 5.41) is 8.91. The first-order chi connectivity index (χ1) is 15.5. The van der Waals surface area contributed by atoms with Crippen LogP contribution in [-0.2, 0) is 16.1 Å². The summed E-state index contributed by atoms with van der Waals surface area (Å²) in [4.78, 5) is 10.9. The summed E-state index contributed by atoms with van der Waals surface area (Å²) in [6.07, 6.45) is 3.27. The fraction of sp³-hybridized carbons (Fsp3) is 0.250. The van der Waals surface area contributed by atoms with Gasteiger partial charge in [0.25, 0.3) is 6.47 Å². The molecule has 0 heterocycles. The number of carbonyl (C=O) groups excluding carboxylic acids is 1. The second-order valence-electron chi connectivity index (χ2n) is 7.79. The van der Waals surface area contributed by atoms with Gasteiger partial charge in [-0.3, -0.25) is 4.79 Å². The SMILES string of the molecule is CC/C(C)=C/c1ccc(-c2ccc(-c3ccc(OCCO)cc3)c(COC=O)c2)cc1C. The first-order valence-electron chi connectivity index (χ1n) is 10.9. The van der Waals surface area contributed by atoms with E-state index >= 15 is 0 Å². The number of aryl methyl sites for hydroxylation is 1. The molecule has 0 spiro atoms. The molecule has 0 bridgehead atoms. The first-order valence-corrected chi connectivity index (χ1v) is 10.9.